The maximum absolute atomic E-state index is 5.77. The third-order valence-electron chi connectivity index (χ3n) is 3.18. The molecule has 4 nitrogen and oxygen atoms in total. The molecule has 21 heavy (non-hydrogen) atoms. The Balaban J connectivity index is 1.86. The molecule has 2 aromatic rings. The number of anilines is 1. The molecule has 0 aliphatic rings. The number of ether oxygens (including phenoxy) is 1. The Morgan fingerprint density at radius 3 is 2.62 bits per heavy atom. The highest BCUT2D eigenvalue weighted by molar-refractivity contribution is 5.37. The van der Waals surface area contributed by atoms with Gasteiger partial charge in [0.05, 0.1) is 6.61 Å². The molecule has 0 aliphatic heterocycles. The SMILES string of the molecule is CCCc1nc(NC)cc(OCCCc2ccccc2)n1. The van der Waals surface area contributed by atoms with Gasteiger partial charge in [0.25, 0.3) is 0 Å². The van der Waals surface area contributed by atoms with E-state index in [0.29, 0.717) is 12.5 Å². The number of rotatable bonds is 8. The van der Waals surface area contributed by atoms with Crippen LogP contribution in [0.15, 0.2) is 36.4 Å². The predicted octanol–water partition coefficient (Wildman–Crippen LogP) is 3.48. The fourth-order valence-corrected chi connectivity index (χ4v) is 2.11. The van der Waals surface area contributed by atoms with Crippen LogP contribution in [0.25, 0.3) is 0 Å². The van der Waals surface area contributed by atoms with E-state index < -0.39 is 0 Å². The molecule has 4 heteroatoms. The summed E-state index contributed by atoms with van der Waals surface area (Å²) in [6.45, 7) is 2.79. The van der Waals surface area contributed by atoms with Gasteiger partial charge < -0.3 is 10.1 Å². The summed E-state index contributed by atoms with van der Waals surface area (Å²) < 4.78 is 5.77. The zero-order chi connectivity index (χ0) is 14.9. The summed E-state index contributed by atoms with van der Waals surface area (Å²) in [5, 5.41) is 3.05. The average molecular weight is 285 g/mol. The lowest BCUT2D eigenvalue weighted by atomic mass is 10.1. The number of hydrogen-bond donors (Lipinski definition) is 1. The van der Waals surface area contributed by atoms with E-state index in [4.69, 9.17) is 4.74 Å². The number of aromatic nitrogens is 2. The van der Waals surface area contributed by atoms with E-state index in [1.54, 1.807) is 0 Å². The molecule has 1 aromatic heterocycles. The van der Waals surface area contributed by atoms with Gasteiger partial charge in [-0.2, -0.15) is 4.98 Å². The van der Waals surface area contributed by atoms with E-state index in [2.05, 4.69) is 46.5 Å². The summed E-state index contributed by atoms with van der Waals surface area (Å²) >= 11 is 0. The minimum absolute atomic E-state index is 0.658. The van der Waals surface area contributed by atoms with E-state index in [9.17, 15) is 0 Å². The number of benzene rings is 1. The lowest BCUT2D eigenvalue weighted by Gasteiger charge is -2.09. The second-order valence-electron chi connectivity index (χ2n) is 4.95. The lowest BCUT2D eigenvalue weighted by molar-refractivity contribution is 0.298. The van der Waals surface area contributed by atoms with Crippen molar-refractivity contribution in [1.82, 2.24) is 9.97 Å². The van der Waals surface area contributed by atoms with Crippen molar-refractivity contribution >= 4 is 5.82 Å². The molecule has 0 saturated heterocycles. The van der Waals surface area contributed by atoms with Crippen LogP contribution in [0.1, 0.15) is 31.2 Å². The standard InChI is InChI=1S/C17H23N3O/c1-3-8-15-19-16(18-2)13-17(20-15)21-12-7-11-14-9-5-4-6-10-14/h4-6,9-10,13H,3,7-8,11-12H2,1-2H3,(H,18,19,20). The van der Waals surface area contributed by atoms with Crippen LogP contribution in [0.2, 0.25) is 0 Å². The predicted molar refractivity (Wildman–Crippen MR) is 85.8 cm³/mol. The fourth-order valence-electron chi connectivity index (χ4n) is 2.11. The molecule has 0 amide bonds. The molecule has 0 unspecified atom stereocenters. The first-order valence-corrected chi connectivity index (χ1v) is 7.54. The maximum atomic E-state index is 5.77. The van der Waals surface area contributed by atoms with E-state index in [0.717, 1.165) is 37.3 Å². The van der Waals surface area contributed by atoms with E-state index >= 15 is 0 Å². The molecular formula is C17H23N3O. The van der Waals surface area contributed by atoms with Crippen LogP contribution in [0.5, 0.6) is 5.88 Å². The smallest absolute Gasteiger partial charge is 0.218 e. The molecule has 1 N–H and O–H groups in total. The Bertz CT molecular complexity index is 543. The van der Waals surface area contributed by atoms with Crippen molar-refractivity contribution in [1.29, 1.82) is 0 Å². The van der Waals surface area contributed by atoms with Crippen molar-refractivity contribution in [2.45, 2.75) is 32.6 Å². The number of nitrogens with zero attached hydrogens (tertiary/aromatic N) is 2. The molecule has 0 radical (unpaired) electrons. The highest BCUT2D eigenvalue weighted by Crippen LogP contribution is 2.14. The van der Waals surface area contributed by atoms with E-state index in [-0.39, 0.29) is 0 Å². The monoisotopic (exact) mass is 285 g/mol. The highest BCUT2D eigenvalue weighted by atomic mass is 16.5. The zero-order valence-corrected chi connectivity index (χ0v) is 12.8. The molecule has 0 bridgehead atoms. The van der Waals surface area contributed by atoms with Crippen molar-refractivity contribution in [3.63, 3.8) is 0 Å². The average Bonchev–Trinajstić information content (AvgIpc) is 2.53. The second kappa shape index (κ2) is 8.25. The minimum atomic E-state index is 0.658. The normalized spacial score (nSPS) is 10.4. The van der Waals surface area contributed by atoms with Gasteiger partial charge >= 0.3 is 0 Å². The summed E-state index contributed by atoms with van der Waals surface area (Å²) in [5.41, 5.74) is 1.34. The Morgan fingerprint density at radius 2 is 1.90 bits per heavy atom. The Labute approximate surface area is 126 Å². The van der Waals surface area contributed by atoms with Gasteiger partial charge in [-0.15, -0.1) is 0 Å². The summed E-state index contributed by atoms with van der Waals surface area (Å²) in [4.78, 5) is 8.86. The third-order valence-corrected chi connectivity index (χ3v) is 3.18. The van der Waals surface area contributed by atoms with Gasteiger partial charge in [-0.1, -0.05) is 37.3 Å². The summed E-state index contributed by atoms with van der Waals surface area (Å²) in [5.74, 6) is 2.31. The number of hydrogen-bond acceptors (Lipinski definition) is 4. The Hall–Kier alpha value is -2.10. The fraction of sp³-hybridized carbons (Fsp3) is 0.412. The van der Waals surface area contributed by atoms with Crippen LogP contribution in [0.3, 0.4) is 0 Å². The van der Waals surface area contributed by atoms with Crippen molar-refractivity contribution < 1.29 is 4.74 Å². The van der Waals surface area contributed by atoms with Crippen LogP contribution >= 0.6 is 0 Å². The summed E-state index contributed by atoms with van der Waals surface area (Å²) in [6, 6.07) is 12.3. The van der Waals surface area contributed by atoms with Crippen LogP contribution in [-0.2, 0) is 12.8 Å². The van der Waals surface area contributed by atoms with Gasteiger partial charge in [0, 0.05) is 19.5 Å². The molecule has 0 saturated carbocycles. The first-order chi connectivity index (χ1) is 10.3. The van der Waals surface area contributed by atoms with Crippen molar-refractivity contribution in [3.05, 3.63) is 47.8 Å². The molecular weight excluding hydrogens is 262 g/mol. The number of nitrogens with one attached hydrogen (secondary N) is 1. The van der Waals surface area contributed by atoms with Crippen molar-refractivity contribution in [2.24, 2.45) is 0 Å². The Kier molecular flexibility index (Phi) is 6.00. The molecule has 2 rings (SSSR count). The van der Waals surface area contributed by atoms with E-state index in [1.165, 1.54) is 5.56 Å². The topological polar surface area (TPSA) is 47.0 Å². The first kappa shape index (κ1) is 15.3. The van der Waals surface area contributed by atoms with Gasteiger partial charge in [-0.3, -0.25) is 0 Å². The minimum Gasteiger partial charge on any atom is -0.478 e. The maximum Gasteiger partial charge on any atom is 0.218 e. The van der Waals surface area contributed by atoms with Crippen LogP contribution < -0.4 is 10.1 Å². The van der Waals surface area contributed by atoms with Gasteiger partial charge in [0.2, 0.25) is 5.88 Å². The zero-order valence-electron chi connectivity index (χ0n) is 12.8. The van der Waals surface area contributed by atoms with Crippen LogP contribution in [0, 0.1) is 0 Å². The quantitative estimate of drug-likeness (QED) is 0.754. The van der Waals surface area contributed by atoms with Crippen LogP contribution in [0.4, 0.5) is 5.82 Å². The molecule has 0 spiro atoms. The molecule has 1 heterocycles. The summed E-state index contributed by atoms with van der Waals surface area (Å²) in [7, 11) is 1.86. The van der Waals surface area contributed by atoms with Crippen molar-refractivity contribution in [3.8, 4) is 5.88 Å². The molecule has 0 aliphatic carbocycles. The molecule has 112 valence electrons. The van der Waals surface area contributed by atoms with Crippen LogP contribution in [-0.4, -0.2) is 23.6 Å². The first-order valence-electron chi connectivity index (χ1n) is 7.54. The molecule has 1 aromatic carbocycles. The van der Waals surface area contributed by atoms with Gasteiger partial charge in [-0.05, 0) is 24.8 Å². The van der Waals surface area contributed by atoms with Gasteiger partial charge in [-0.25, -0.2) is 4.98 Å². The van der Waals surface area contributed by atoms with Crippen molar-refractivity contribution in [2.75, 3.05) is 19.0 Å². The second-order valence-corrected chi connectivity index (χ2v) is 4.95. The summed E-state index contributed by atoms with van der Waals surface area (Å²) in [6.07, 6.45) is 3.90. The highest BCUT2D eigenvalue weighted by Gasteiger charge is 2.04. The molecule has 0 fully saturated rings. The number of aryl methyl sites for hydroxylation is 2. The van der Waals surface area contributed by atoms with E-state index in [1.807, 2.05) is 19.2 Å². The Morgan fingerprint density at radius 1 is 1.10 bits per heavy atom. The largest absolute Gasteiger partial charge is 0.478 e. The lowest BCUT2D eigenvalue weighted by Crippen LogP contribution is -2.05. The van der Waals surface area contributed by atoms with Gasteiger partial charge in [0.15, 0.2) is 0 Å². The van der Waals surface area contributed by atoms with Gasteiger partial charge in [0.1, 0.15) is 11.6 Å². The third kappa shape index (κ3) is 5.06. The molecule has 0 atom stereocenters.